The molecule has 0 spiro atoms. The molecule has 2 nitrogen and oxygen atoms in total. The number of hydrogen-bond acceptors (Lipinski definition) is 2. The van der Waals surface area contributed by atoms with Gasteiger partial charge in [-0.15, -0.1) is 0 Å². The summed E-state index contributed by atoms with van der Waals surface area (Å²) in [6, 6.07) is 15.3. The minimum absolute atomic E-state index is 0.114. The summed E-state index contributed by atoms with van der Waals surface area (Å²) in [4.78, 5) is 0. The van der Waals surface area contributed by atoms with E-state index in [9.17, 15) is 10.2 Å². The average molecular weight is 209 g/mol. The molecule has 0 heterocycles. The van der Waals surface area contributed by atoms with Gasteiger partial charge in [0.1, 0.15) is 11.5 Å². The van der Waals surface area contributed by atoms with Crippen LogP contribution in [0.4, 0.5) is 0 Å². The van der Waals surface area contributed by atoms with Crippen LogP contribution in [0.25, 0.3) is 21.5 Å². The third kappa shape index (κ3) is 1.13. The highest BCUT2D eigenvalue weighted by atomic mass is 16.3. The van der Waals surface area contributed by atoms with Crippen LogP contribution >= 0.6 is 0 Å². The highest BCUT2D eigenvalue weighted by molar-refractivity contribution is 6.11. The van der Waals surface area contributed by atoms with Crippen molar-refractivity contribution in [3.05, 3.63) is 48.5 Å². The Balaban J connectivity index is 2.64. The Hall–Kier alpha value is -2.22. The molecule has 0 saturated heterocycles. The Morgan fingerprint density at radius 2 is 1.75 bits per heavy atom. The second kappa shape index (κ2) is 3.14. The van der Waals surface area contributed by atoms with Crippen molar-refractivity contribution in [1.82, 2.24) is 0 Å². The first kappa shape index (κ1) is 9.04. The molecule has 2 N–H and O–H groups in total. The summed E-state index contributed by atoms with van der Waals surface area (Å²) >= 11 is 0. The molecule has 3 aromatic rings. The molecule has 0 unspecified atom stereocenters. The summed E-state index contributed by atoms with van der Waals surface area (Å²) in [5.41, 5.74) is 0. The Bertz CT molecular complexity index is 687. The predicted molar refractivity (Wildman–Crippen MR) is 63.6 cm³/mol. The van der Waals surface area contributed by atoms with E-state index >= 15 is 0 Å². The van der Waals surface area contributed by atoms with Crippen LogP contribution in [0.3, 0.4) is 0 Å². The lowest BCUT2D eigenvalue weighted by Gasteiger charge is -2.06. The quantitative estimate of drug-likeness (QED) is 0.558. The lowest BCUT2D eigenvalue weighted by atomic mass is 10.0. The van der Waals surface area contributed by atoms with E-state index in [2.05, 4.69) is 6.07 Å². The molecule has 0 aromatic heterocycles. The summed E-state index contributed by atoms with van der Waals surface area (Å²) in [5.74, 6) is 0.344. The molecule has 0 aliphatic rings. The first-order valence-corrected chi connectivity index (χ1v) is 5.01. The van der Waals surface area contributed by atoms with Crippen molar-refractivity contribution in [2.24, 2.45) is 0 Å². The van der Waals surface area contributed by atoms with Crippen LogP contribution in [0, 0.1) is 6.07 Å². The first-order valence-electron chi connectivity index (χ1n) is 5.01. The number of fused-ring (bicyclic) bond motifs is 3. The van der Waals surface area contributed by atoms with E-state index in [4.69, 9.17) is 0 Å². The summed E-state index contributed by atoms with van der Waals surface area (Å²) in [7, 11) is 0. The summed E-state index contributed by atoms with van der Waals surface area (Å²) in [6.07, 6.45) is 0. The Kier molecular flexibility index (Phi) is 1.77. The van der Waals surface area contributed by atoms with E-state index in [0.29, 0.717) is 5.39 Å². The molecule has 16 heavy (non-hydrogen) atoms. The van der Waals surface area contributed by atoms with E-state index in [1.54, 1.807) is 18.2 Å². The molecular formula is C14H9O2. The summed E-state index contributed by atoms with van der Waals surface area (Å²) in [5, 5.41) is 22.8. The van der Waals surface area contributed by atoms with Gasteiger partial charge in [0, 0.05) is 16.8 Å². The largest absolute Gasteiger partial charge is 0.507 e. The van der Waals surface area contributed by atoms with Crippen molar-refractivity contribution in [2.75, 3.05) is 0 Å². The Morgan fingerprint density at radius 1 is 0.875 bits per heavy atom. The molecule has 0 atom stereocenters. The molecule has 0 aliphatic heterocycles. The molecular weight excluding hydrogens is 200 g/mol. The third-order valence-corrected chi connectivity index (χ3v) is 2.79. The van der Waals surface area contributed by atoms with Crippen LogP contribution in [0.1, 0.15) is 0 Å². The van der Waals surface area contributed by atoms with Crippen LogP contribution in [-0.2, 0) is 0 Å². The number of benzene rings is 3. The highest BCUT2D eigenvalue weighted by Crippen LogP contribution is 2.34. The zero-order valence-electron chi connectivity index (χ0n) is 8.44. The topological polar surface area (TPSA) is 40.5 Å². The highest BCUT2D eigenvalue weighted by Gasteiger charge is 2.06. The van der Waals surface area contributed by atoms with E-state index in [0.717, 1.165) is 16.2 Å². The van der Waals surface area contributed by atoms with Crippen molar-refractivity contribution in [3.8, 4) is 11.5 Å². The minimum Gasteiger partial charge on any atom is -0.507 e. The maximum Gasteiger partial charge on any atom is 0.131 e. The maximum absolute atomic E-state index is 9.87. The van der Waals surface area contributed by atoms with E-state index in [1.807, 2.05) is 24.3 Å². The van der Waals surface area contributed by atoms with Crippen LogP contribution < -0.4 is 0 Å². The van der Waals surface area contributed by atoms with Gasteiger partial charge in [0.25, 0.3) is 0 Å². The second-order valence-corrected chi connectivity index (χ2v) is 3.73. The molecule has 0 amide bonds. The van der Waals surface area contributed by atoms with Crippen molar-refractivity contribution in [3.63, 3.8) is 0 Å². The van der Waals surface area contributed by atoms with Gasteiger partial charge in [-0.05, 0) is 29.0 Å². The standard InChI is InChI=1S/C14H9O2/c15-12-5-2-4-11-10(12)8-7-9-3-1-6-13(16)14(9)11/h1-4,6-8,15-16H. The van der Waals surface area contributed by atoms with Gasteiger partial charge in [-0.2, -0.15) is 0 Å². The fourth-order valence-electron chi connectivity index (χ4n) is 2.05. The molecule has 2 heteroatoms. The minimum atomic E-state index is 0.114. The van der Waals surface area contributed by atoms with Crippen LogP contribution in [-0.4, -0.2) is 10.2 Å². The first-order chi connectivity index (χ1) is 7.77. The molecule has 0 saturated carbocycles. The van der Waals surface area contributed by atoms with Gasteiger partial charge < -0.3 is 10.2 Å². The molecule has 3 rings (SSSR count). The van der Waals surface area contributed by atoms with Crippen molar-refractivity contribution < 1.29 is 10.2 Å². The zero-order valence-corrected chi connectivity index (χ0v) is 8.44. The Labute approximate surface area is 92.4 Å². The monoisotopic (exact) mass is 209 g/mol. The van der Waals surface area contributed by atoms with Gasteiger partial charge in [0.15, 0.2) is 0 Å². The van der Waals surface area contributed by atoms with Gasteiger partial charge >= 0.3 is 0 Å². The molecule has 77 valence electrons. The SMILES string of the molecule is Oc1[c]ccc2c1ccc1cccc(O)c12. The molecule has 3 aromatic carbocycles. The van der Waals surface area contributed by atoms with Gasteiger partial charge in [0.05, 0.1) is 0 Å². The summed E-state index contributed by atoms with van der Waals surface area (Å²) in [6.45, 7) is 0. The van der Waals surface area contributed by atoms with Crippen LogP contribution in [0.2, 0.25) is 0 Å². The smallest absolute Gasteiger partial charge is 0.131 e. The number of aromatic hydroxyl groups is 2. The predicted octanol–water partition coefficient (Wildman–Crippen LogP) is 3.20. The lowest BCUT2D eigenvalue weighted by Crippen LogP contribution is -1.79. The maximum atomic E-state index is 9.87. The van der Waals surface area contributed by atoms with Crippen molar-refractivity contribution in [2.45, 2.75) is 0 Å². The Morgan fingerprint density at radius 3 is 2.62 bits per heavy atom. The van der Waals surface area contributed by atoms with Gasteiger partial charge in [-0.3, -0.25) is 0 Å². The third-order valence-electron chi connectivity index (χ3n) is 2.79. The van der Waals surface area contributed by atoms with Gasteiger partial charge in [-0.1, -0.05) is 24.3 Å². The van der Waals surface area contributed by atoms with Crippen molar-refractivity contribution in [1.29, 1.82) is 0 Å². The summed E-state index contributed by atoms with van der Waals surface area (Å²) < 4.78 is 0. The van der Waals surface area contributed by atoms with E-state index in [1.165, 1.54) is 0 Å². The fraction of sp³-hybridized carbons (Fsp3) is 0. The molecule has 0 aliphatic carbocycles. The van der Waals surface area contributed by atoms with E-state index in [-0.39, 0.29) is 11.5 Å². The molecule has 1 radical (unpaired) electrons. The average Bonchev–Trinajstić information content (AvgIpc) is 2.29. The van der Waals surface area contributed by atoms with Gasteiger partial charge in [-0.25, -0.2) is 0 Å². The fourth-order valence-corrected chi connectivity index (χ4v) is 2.05. The van der Waals surface area contributed by atoms with Crippen LogP contribution in [0.5, 0.6) is 11.5 Å². The zero-order chi connectivity index (χ0) is 11.1. The number of phenolic OH excluding ortho intramolecular Hbond substituents is 2. The van der Waals surface area contributed by atoms with Crippen molar-refractivity contribution >= 4 is 21.5 Å². The lowest BCUT2D eigenvalue weighted by molar-refractivity contribution is 0.480. The molecule has 0 fully saturated rings. The normalized spacial score (nSPS) is 11.0. The molecule has 0 bridgehead atoms. The van der Waals surface area contributed by atoms with Crippen LogP contribution in [0.15, 0.2) is 42.5 Å². The number of rotatable bonds is 0. The van der Waals surface area contributed by atoms with E-state index < -0.39 is 0 Å². The van der Waals surface area contributed by atoms with Gasteiger partial charge in [0.2, 0.25) is 0 Å². The second-order valence-electron chi connectivity index (χ2n) is 3.73. The number of hydrogen-bond donors (Lipinski definition) is 2. The number of phenols is 2.